The van der Waals surface area contributed by atoms with E-state index in [-0.39, 0.29) is 24.5 Å². The van der Waals surface area contributed by atoms with Crippen LogP contribution in [0.4, 0.5) is 11.5 Å². The summed E-state index contributed by atoms with van der Waals surface area (Å²) in [4.78, 5) is 35.1. The van der Waals surface area contributed by atoms with E-state index in [4.69, 9.17) is 4.74 Å². The molecule has 1 unspecified atom stereocenters. The number of anilines is 2. The van der Waals surface area contributed by atoms with E-state index in [9.17, 15) is 9.59 Å². The number of carbonyl (C=O) groups excluding carboxylic acids is 2. The number of amides is 2. The van der Waals surface area contributed by atoms with Gasteiger partial charge in [0.05, 0.1) is 36.1 Å². The molecule has 1 atom stereocenters. The molecule has 1 fully saturated rings. The van der Waals surface area contributed by atoms with Crippen molar-refractivity contribution in [2.45, 2.75) is 25.5 Å². The number of rotatable bonds is 5. The first kappa shape index (κ1) is 17.4. The molecule has 2 aromatic heterocycles. The van der Waals surface area contributed by atoms with E-state index in [1.54, 1.807) is 17.2 Å². The predicted molar refractivity (Wildman–Crippen MR) is 99.5 cm³/mol. The van der Waals surface area contributed by atoms with Crippen molar-refractivity contribution in [1.29, 1.82) is 0 Å². The molecule has 0 radical (unpaired) electrons. The van der Waals surface area contributed by atoms with Crippen LogP contribution in [0, 0.1) is 0 Å². The summed E-state index contributed by atoms with van der Waals surface area (Å²) in [6.07, 6.45) is 5.26. The zero-order valence-corrected chi connectivity index (χ0v) is 14.9. The monoisotopic (exact) mass is 367 g/mol. The van der Waals surface area contributed by atoms with Gasteiger partial charge in [0, 0.05) is 25.5 Å². The van der Waals surface area contributed by atoms with Crippen LogP contribution in [0.3, 0.4) is 0 Å². The topological polar surface area (TPSA) is 96.4 Å². The highest BCUT2D eigenvalue weighted by Crippen LogP contribution is 2.29. The molecule has 4 heterocycles. The minimum absolute atomic E-state index is 0.0726. The van der Waals surface area contributed by atoms with Crippen LogP contribution in [0.15, 0.2) is 36.7 Å². The molecule has 0 saturated carbocycles. The average Bonchev–Trinajstić information content (AvgIpc) is 3.22. The molecule has 2 amide bonds. The Hall–Kier alpha value is -3.00. The van der Waals surface area contributed by atoms with Crippen LogP contribution in [0.25, 0.3) is 0 Å². The van der Waals surface area contributed by atoms with E-state index in [2.05, 4.69) is 20.6 Å². The van der Waals surface area contributed by atoms with Crippen LogP contribution >= 0.6 is 0 Å². The number of pyridine rings is 2. The molecule has 2 aliphatic rings. The van der Waals surface area contributed by atoms with E-state index in [0.717, 1.165) is 25.1 Å². The summed E-state index contributed by atoms with van der Waals surface area (Å²) in [6.45, 7) is 1.72. The third kappa shape index (κ3) is 3.90. The Labute approximate surface area is 156 Å². The standard InChI is InChI=1S/C19H21N5O3/c25-17-11-22-18-16(24(17)12-14-4-1-2-6-20-14)8-13(9-21-18)19(26)23-10-15-5-3-7-27-15/h1-2,4,6,8-9,15H,3,5,7,10-12H2,(H,21,22)(H,23,26). The minimum atomic E-state index is -0.225. The summed E-state index contributed by atoms with van der Waals surface area (Å²) < 4.78 is 5.53. The smallest absolute Gasteiger partial charge is 0.253 e. The van der Waals surface area contributed by atoms with Gasteiger partial charge in [0.1, 0.15) is 0 Å². The van der Waals surface area contributed by atoms with Gasteiger partial charge in [-0.15, -0.1) is 0 Å². The van der Waals surface area contributed by atoms with Gasteiger partial charge < -0.3 is 20.3 Å². The van der Waals surface area contributed by atoms with Crippen molar-refractivity contribution >= 4 is 23.3 Å². The molecular weight excluding hydrogens is 346 g/mol. The molecule has 27 heavy (non-hydrogen) atoms. The minimum Gasteiger partial charge on any atom is -0.376 e. The second-order valence-corrected chi connectivity index (χ2v) is 6.59. The normalized spacial score (nSPS) is 18.7. The van der Waals surface area contributed by atoms with E-state index in [1.165, 1.54) is 6.20 Å². The van der Waals surface area contributed by atoms with Gasteiger partial charge in [0.25, 0.3) is 5.91 Å². The van der Waals surface area contributed by atoms with E-state index in [0.29, 0.717) is 30.2 Å². The van der Waals surface area contributed by atoms with Crippen LogP contribution in [0.1, 0.15) is 28.9 Å². The summed E-state index contributed by atoms with van der Waals surface area (Å²) in [7, 11) is 0. The second-order valence-electron chi connectivity index (χ2n) is 6.59. The van der Waals surface area contributed by atoms with Crippen molar-refractivity contribution in [3.63, 3.8) is 0 Å². The van der Waals surface area contributed by atoms with Crippen LogP contribution in [-0.4, -0.2) is 47.6 Å². The van der Waals surface area contributed by atoms with E-state index >= 15 is 0 Å². The molecule has 8 heteroatoms. The van der Waals surface area contributed by atoms with Crippen LogP contribution < -0.4 is 15.5 Å². The first-order valence-electron chi connectivity index (χ1n) is 9.05. The lowest BCUT2D eigenvalue weighted by atomic mass is 10.1. The summed E-state index contributed by atoms with van der Waals surface area (Å²) in [5.74, 6) is 0.268. The maximum Gasteiger partial charge on any atom is 0.253 e. The zero-order chi connectivity index (χ0) is 18.6. The number of hydrogen-bond donors (Lipinski definition) is 2. The quantitative estimate of drug-likeness (QED) is 0.828. The highest BCUT2D eigenvalue weighted by Gasteiger charge is 2.27. The lowest BCUT2D eigenvalue weighted by molar-refractivity contribution is -0.117. The molecule has 8 nitrogen and oxygen atoms in total. The Balaban J connectivity index is 1.53. The summed E-state index contributed by atoms with van der Waals surface area (Å²) in [6, 6.07) is 7.26. The molecular formula is C19H21N5O3. The average molecular weight is 367 g/mol. The summed E-state index contributed by atoms with van der Waals surface area (Å²) in [5, 5.41) is 5.88. The molecule has 2 N–H and O–H groups in total. The number of carbonyl (C=O) groups is 2. The molecule has 2 aliphatic heterocycles. The van der Waals surface area contributed by atoms with Crippen molar-refractivity contribution in [3.8, 4) is 0 Å². The Morgan fingerprint density at radius 2 is 2.30 bits per heavy atom. The van der Waals surface area contributed by atoms with Crippen molar-refractivity contribution < 1.29 is 14.3 Å². The fraction of sp³-hybridized carbons (Fsp3) is 0.368. The first-order chi connectivity index (χ1) is 13.2. The van der Waals surface area contributed by atoms with E-state index in [1.807, 2.05) is 18.2 Å². The summed E-state index contributed by atoms with van der Waals surface area (Å²) >= 11 is 0. The first-order valence-corrected chi connectivity index (χ1v) is 9.05. The maximum atomic E-state index is 12.5. The molecule has 0 aromatic carbocycles. The highest BCUT2D eigenvalue weighted by atomic mass is 16.5. The number of nitrogens with one attached hydrogen (secondary N) is 2. The van der Waals surface area contributed by atoms with Gasteiger partial charge in [-0.05, 0) is 31.0 Å². The van der Waals surface area contributed by atoms with Crippen molar-refractivity contribution in [1.82, 2.24) is 15.3 Å². The molecule has 1 saturated heterocycles. The number of ether oxygens (including phenoxy) is 1. The Morgan fingerprint density at radius 1 is 1.37 bits per heavy atom. The van der Waals surface area contributed by atoms with Crippen molar-refractivity contribution in [2.24, 2.45) is 0 Å². The number of hydrogen-bond acceptors (Lipinski definition) is 6. The Morgan fingerprint density at radius 3 is 3.07 bits per heavy atom. The van der Waals surface area contributed by atoms with Gasteiger partial charge in [0.15, 0.2) is 5.82 Å². The third-order valence-corrected chi connectivity index (χ3v) is 4.69. The maximum absolute atomic E-state index is 12.5. The lowest BCUT2D eigenvalue weighted by Crippen LogP contribution is -2.40. The van der Waals surface area contributed by atoms with Crippen molar-refractivity contribution in [2.75, 3.05) is 29.9 Å². The SMILES string of the molecule is O=C(NCC1CCCO1)c1cnc2c(c1)N(Cc1ccccn1)C(=O)CN2. The number of fused-ring (bicyclic) bond motifs is 1. The van der Waals surface area contributed by atoms with Crippen LogP contribution in [-0.2, 0) is 16.1 Å². The Bertz CT molecular complexity index is 836. The largest absolute Gasteiger partial charge is 0.376 e. The van der Waals surface area contributed by atoms with Gasteiger partial charge in [-0.3, -0.25) is 14.6 Å². The molecule has 0 spiro atoms. The molecule has 4 rings (SSSR count). The fourth-order valence-electron chi connectivity index (χ4n) is 3.25. The highest BCUT2D eigenvalue weighted by molar-refractivity contribution is 6.04. The van der Waals surface area contributed by atoms with Gasteiger partial charge >= 0.3 is 0 Å². The molecule has 2 aromatic rings. The lowest BCUT2D eigenvalue weighted by Gasteiger charge is -2.29. The summed E-state index contributed by atoms with van der Waals surface area (Å²) in [5.41, 5.74) is 1.77. The van der Waals surface area contributed by atoms with Gasteiger partial charge in [-0.1, -0.05) is 6.07 Å². The van der Waals surface area contributed by atoms with Crippen molar-refractivity contribution in [3.05, 3.63) is 47.9 Å². The number of nitrogens with zero attached hydrogens (tertiary/aromatic N) is 3. The van der Waals surface area contributed by atoms with Gasteiger partial charge in [-0.2, -0.15) is 0 Å². The zero-order valence-electron chi connectivity index (χ0n) is 14.9. The number of aromatic nitrogens is 2. The fourth-order valence-corrected chi connectivity index (χ4v) is 3.25. The third-order valence-electron chi connectivity index (χ3n) is 4.69. The van der Waals surface area contributed by atoms with Crippen LogP contribution in [0.5, 0.6) is 0 Å². The molecule has 140 valence electrons. The predicted octanol–water partition coefficient (Wildman–Crippen LogP) is 1.34. The van der Waals surface area contributed by atoms with Gasteiger partial charge in [-0.25, -0.2) is 4.98 Å². The molecule has 0 aliphatic carbocycles. The second kappa shape index (κ2) is 7.71. The van der Waals surface area contributed by atoms with Gasteiger partial charge in [0.2, 0.25) is 5.91 Å². The molecule has 0 bridgehead atoms. The Kier molecular flexibility index (Phi) is 4.97. The van der Waals surface area contributed by atoms with Crippen LogP contribution in [0.2, 0.25) is 0 Å². The van der Waals surface area contributed by atoms with E-state index < -0.39 is 0 Å².